The highest BCUT2D eigenvalue weighted by Gasteiger charge is 2.21. The second-order valence-corrected chi connectivity index (χ2v) is 5.53. The lowest BCUT2D eigenvalue weighted by Gasteiger charge is -2.09. The Morgan fingerprint density at radius 1 is 1.29 bits per heavy atom. The second-order valence-electron chi connectivity index (χ2n) is 4.15. The molecular formula is C11H10Cl2FN3. The summed E-state index contributed by atoms with van der Waals surface area (Å²) in [6.45, 7) is 3.61. The third kappa shape index (κ3) is 2.76. The van der Waals surface area contributed by atoms with E-state index in [9.17, 15) is 4.39 Å². The summed E-state index contributed by atoms with van der Waals surface area (Å²) in [5.74, 6) is -0.422. The molecule has 0 bridgehead atoms. The molecule has 0 atom stereocenters. The summed E-state index contributed by atoms with van der Waals surface area (Å²) in [5, 5.41) is 8.14. The number of rotatable bonds is 2. The number of aromatic nitrogens is 3. The first-order chi connectivity index (χ1) is 7.86. The predicted molar refractivity (Wildman–Crippen MR) is 65.2 cm³/mol. The van der Waals surface area contributed by atoms with E-state index in [1.807, 2.05) is 13.8 Å². The first-order valence-electron chi connectivity index (χ1n) is 4.94. The molecule has 0 aliphatic heterocycles. The Hall–Kier alpha value is -1.13. The first kappa shape index (κ1) is 12.3. The Labute approximate surface area is 108 Å². The minimum absolute atomic E-state index is 0.308. The molecule has 0 unspecified atom stereocenters. The molecule has 90 valence electrons. The van der Waals surface area contributed by atoms with Gasteiger partial charge < -0.3 is 0 Å². The first-order valence-corrected chi connectivity index (χ1v) is 5.70. The van der Waals surface area contributed by atoms with Gasteiger partial charge in [0.25, 0.3) is 0 Å². The highest BCUT2D eigenvalue weighted by atomic mass is 35.5. The third-order valence-electron chi connectivity index (χ3n) is 2.21. The van der Waals surface area contributed by atoms with Crippen molar-refractivity contribution in [1.29, 1.82) is 0 Å². The average molecular weight is 274 g/mol. The fraction of sp³-hybridized carbons (Fsp3) is 0.273. The summed E-state index contributed by atoms with van der Waals surface area (Å²) in [5.41, 5.74) is 1.12. The number of benzene rings is 1. The predicted octanol–water partition coefficient (Wildman–Crippen LogP) is 3.53. The molecule has 0 aliphatic carbocycles. The quantitative estimate of drug-likeness (QED) is 0.784. The van der Waals surface area contributed by atoms with Gasteiger partial charge in [-0.1, -0.05) is 16.8 Å². The molecule has 3 nitrogen and oxygen atoms in total. The lowest BCUT2D eigenvalue weighted by atomic mass is 10.1. The molecule has 0 amide bonds. The van der Waals surface area contributed by atoms with E-state index in [0.29, 0.717) is 16.4 Å². The summed E-state index contributed by atoms with van der Waals surface area (Å²) < 4.78 is 14.6. The number of hydrogen-bond donors (Lipinski definition) is 0. The molecule has 17 heavy (non-hydrogen) atoms. The Kier molecular flexibility index (Phi) is 3.10. The van der Waals surface area contributed by atoms with Gasteiger partial charge in [-0.15, -0.1) is 16.7 Å². The molecule has 0 aliphatic rings. The fourth-order valence-corrected chi connectivity index (χ4v) is 1.64. The zero-order valence-electron chi connectivity index (χ0n) is 9.28. The zero-order chi connectivity index (χ0) is 12.6. The van der Waals surface area contributed by atoms with Gasteiger partial charge >= 0.3 is 0 Å². The maximum atomic E-state index is 13.2. The van der Waals surface area contributed by atoms with E-state index in [1.54, 1.807) is 12.3 Å². The molecule has 2 aromatic rings. The van der Waals surface area contributed by atoms with Crippen LogP contribution < -0.4 is 0 Å². The normalized spacial score (nSPS) is 11.8. The SMILES string of the molecule is CC(C)(Cl)c1cn(-c2cc(F)cc(Cl)c2)nn1. The summed E-state index contributed by atoms with van der Waals surface area (Å²) in [7, 11) is 0. The van der Waals surface area contributed by atoms with Crippen molar-refractivity contribution in [2.24, 2.45) is 0 Å². The van der Waals surface area contributed by atoms with Gasteiger partial charge in [0.2, 0.25) is 0 Å². The van der Waals surface area contributed by atoms with E-state index in [0.717, 1.165) is 0 Å². The van der Waals surface area contributed by atoms with Crippen LogP contribution >= 0.6 is 23.2 Å². The Balaban J connectivity index is 2.44. The topological polar surface area (TPSA) is 30.7 Å². The second kappa shape index (κ2) is 4.27. The van der Waals surface area contributed by atoms with Gasteiger partial charge in [-0.3, -0.25) is 0 Å². The van der Waals surface area contributed by atoms with Crippen LogP contribution in [-0.4, -0.2) is 15.0 Å². The van der Waals surface area contributed by atoms with E-state index in [4.69, 9.17) is 23.2 Å². The molecule has 0 spiro atoms. The summed E-state index contributed by atoms with van der Waals surface area (Å²) in [6.07, 6.45) is 1.65. The number of halogens is 3. The van der Waals surface area contributed by atoms with Crippen molar-refractivity contribution in [2.45, 2.75) is 18.7 Å². The largest absolute Gasteiger partial charge is 0.220 e. The maximum absolute atomic E-state index is 13.2. The van der Waals surface area contributed by atoms with Crippen LogP contribution in [0.5, 0.6) is 0 Å². The third-order valence-corrected chi connectivity index (χ3v) is 2.63. The van der Waals surface area contributed by atoms with Crippen LogP contribution in [0.1, 0.15) is 19.5 Å². The van der Waals surface area contributed by atoms with Crippen molar-refractivity contribution in [3.05, 3.63) is 40.9 Å². The molecule has 1 aromatic heterocycles. The van der Waals surface area contributed by atoms with Gasteiger partial charge in [-0.05, 0) is 32.0 Å². The van der Waals surface area contributed by atoms with Crippen LogP contribution in [0.15, 0.2) is 24.4 Å². The highest BCUT2D eigenvalue weighted by Crippen LogP contribution is 2.26. The average Bonchev–Trinajstić information content (AvgIpc) is 2.63. The van der Waals surface area contributed by atoms with E-state index >= 15 is 0 Å². The van der Waals surface area contributed by atoms with Crippen LogP contribution in [0.3, 0.4) is 0 Å². The molecule has 0 fully saturated rings. The van der Waals surface area contributed by atoms with Crippen LogP contribution in [0, 0.1) is 5.82 Å². The van der Waals surface area contributed by atoms with Crippen LogP contribution in [0.2, 0.25) is 5.02 Å². The maximum Gasteiger partial charge on any atom is 0.126 e. The molecular weight excluding hydrogens is 264 g/mol. The van der Waals surface area contributed by atoms with Crippen molar-refractivity contribution in [3.63, 3.8) is 0 Å². The van der Waals surface area contributed by atoms with Crippen LogP contribution in [-0.2, 0) is 4.87 Å². The van der Waals surface area contributed by atoms with Crippen molar-refractivity contribution in [1.82, 2.24) is 15.0 Å². The van der Waals surface area contributed by atoms with Gasteiger partial charge in [-0.2, -0.15) is 0 Å². The minimum atomic E-state index is -0.616. The number of alkyl halides is 1. The Morgan fingerprint density at radius 2 is 2.00 bits per heavy atom. The Bertz CT molecular complexity index is 526. The molecule has 0 radical (unpaired) electrons. The molecule has 0 N–H and O–H groups in total. The van der Waals surface area contributed by atoms with Gasteiger partial charge in [0.1, 0.15) is 11.5 Å². The van der Waals surface area contributed by atoms with E-state index < -0.39 is 10.7 Å². The standard InChI is InChI=1S/C11H10Cl2FN3/c1-11(2,13)10-6-17(16-15-10)9-4-7(12)3-8(14)5-9/h3-6H,1-2H3. The lowest BCUT2D eigenvalue weighted by molar-refractivity contribution is 0.625. The van der Waals surface area contributed by atoms with Crippen molar-refractivity contribution < 1.29 is 4.39 Å². The minimum Gasteiger partial charge on any atom is -0.220 e. The molecule has 0 saturated carbocycles. The fourth-order valence-electron chi connectivity index (χ4n) is 1.33. The van der Waals surface area contributed by atoms with Gasteiger partial charge in [0.15, 0.2) is 0 Å². The zero-order valence-corrected chi connectivity index (χ0v) is 10.8. The van der Waals surface area contributed by atoms with Crippen molar-refractivity contribution >= 4 is 23.2 Å². The van der Waals surface area contributed by atoms with Gasteiger partial charge in [0.05, 0.1) is 16.8 Å². The lowest BCUT2D eigenvalue weighted by Crippen LogP contribution is -2.07. The summed E-state index contributed by atoms with van der Waals surface area (Å²) >= 11 is 11.9. The van der Waals surface area contributed by atoms with Crippen molar-refractivity contribution in [2.75, 3.05) is 0 Å². The summed E-state index contributed by atoms with van der Waals surface area (Å²) in [6, 6.07) is 4.16. The highest BCUT2D eigenvalue weighted by molar-refractivity contribution is 6.30. The molecule has 0 saturated heterocycles. The molecule has 2 rings (SSSR count). The number of hydrogen-bond acceptors (Lipinski definition) is 2. The molecule has 6 heteroatoms. The van der Waals surface area contributed by atoms with Gasteiger partial charge in [-0.25, -0.2) is 9.07 Å². The smallest absolute Gasteiger partial charge is 0.126 e. The molecule has 1 aromatic carbocycles. The van der Waals surface area contributed by atoms with Crippen LogP contribution in [0.25, 0.3) is 5.69 Å². The number of nitrogens with zero attached hydrogens (tertiary/aromatic N) is 3. The van der Waals surface area contributed by atoms with E-state index in [1.165, 1.54) is 16.8 Å². The Morgan fingerprint density at radius 3 is 2.53 bits per heavy atom. The van der Waals surface area contributed by atoms with E-state index in [-0.39, 0.29) is 0 Å². The monoisotopic (exact) mass is 273 g/mol. The summed E-state index contributed by atoms with van der Waals surface area (Å²) in [4.78, 5) is -0.616. The van der Waals surface area contributed by atoms with Gasteiger partial charge in [0, 0.05) is 5.02 Å². The van der Waals surface area contributed by atoms with Crippen LogP contribution in [0.4, 0.5) is 4.39 Å². The van der Waals surface area contributed by atoms with E-state index in [2.05, 4.69) is 10.3 Å². The van der Waals surface area contributed by atoms with Crippen molar-refractivity contribution in [3.8, 4) is 5.69 Å². The molecule has 1 heterocycles.